The Hall–Kier alpha value is -3.12. The van der Waals surface area contributed by atoms with E-state index >= 15 is 0 Å². The summed E-state index contributed by atoms with van der Waals surface area (Å²) in [5.41, 5.74) is 1.23. The van der Waals surface area contributed by atoms with Gasteiger partial charge in [-0.25, -0.2) is 18.7 Å². The molecule has 0 bridgehead atoms. The number of hydrogen-bond donors (Lipinski definition) is 2. The van der Waals surface area contributed by atoms with Crippen molar-refractivity contribution < 1.29 is 18.3 Å². The quantitative estimate of drug-likeness (QED) is 0.802. The summed E-state index contributed by atoms with van der Waals surface area (Å²) in [5.74, 6) is -2.79. The smallest absolute Gasteiger partial charge is 0.296 e. The Balaban J connectivity index is 1.55. The second kappa shape index (κ2) is 7.72. The molecule has 29 heavy (non-hydrogen) atoms. The minimum atomic E-state index is -3.01. The maximum Gasteiger partial charge on any atom is 0.296 e. The third-order valence-corrected chi connectivity index (χ3v) is 4.92. The number of carbonyl (C=O) groups excluding carboxylic acids is 1. The zero-order valence-corrected chi connectivity index (χ0v) is 15.5. The predicted molar refractivity (Wildman–Crippen MR) is 100 cm³/mol. The topological polar surface area (TPSA) is 99.9 Å². The summed E-state index contributed by atoms with van der Waals surface area (Å²) in [5, 5.41) is 14.8. The Morgan fingerprint density at radius 1 is 1.31 bits per heavy atom. The van der Waals surface area contributed by atoms with Crippen molar-refractivity contribution in [2.75, 3.05) is 18.4 Å². The van der Waals surface area contributed by atoms with Gasteiger partial charge in [-0.1, -0.05) is 0 Å². The summed E-state index contributed by atoms with van der Waals surface area (Å²) in [7, 11) is 0. The zero-order chi connectivity index (χ0) is 20.4. The van der Waals surface area contributed by atoms with Gasteiger partial charge in [-0.15, -0.1) is 0 Å². The van der Waals surface area contributed by atoms with Gasteiger partial charge in [0, 0.05) is 24.1 Å². The summed E-state index contributed by atoms with van der Waals surface area (Å²) >= 11 is 0. The van der Waals surface area contributed by atoms with Gasteiger partial charge in [-0.3, -0.25) is 10.1 Å². The molecular formula is C20H19F2N5O2. The van der Waals surface area contributed by atoms with Gasteiger partial charge in [-0.05, 0) is 43.7 Å². The highest BCUT2D eigenvalue weighted by molar-refractivity contribution is 5.92. The second-order valence-corrected chi connectivity index (χ2v) is 7.18. The number of amides is 1. The molecule has 1 aliphatic heterocycles. The van der Waals surface area contributed by atoms with E-state index in [2.05, 4.69) is 20.6 Å². The number of anilines is 1. The average Bonchev–Trinajstić information content (AvgIpc) is 3.55. The van der Waals surface area contributed by atoms with E-state index in [4.69, 9.17) is 4.74 Å². The molecule has 7 nitrogen and oxygen atoms in total. The average molecular weight is 399 g/mol. The highest BCUT2D eigenvalue weighted by Gasteiger charge is 2.43. The van der Waals surface area contributed by atoms with Crippen LogP contribution in [0.15, 0.2) is 30.5 Å². The van der Waals surface area contributed by atoms with E-state index in [1.165, 1.54) is 18.3 Å². The van der Waals surface area contributed by atoms with E-state index in [-0.39, 0.29) is 35.5 Å². The van der Waals surface area contributed by atoms with Gasteiger partial charge in [0.15, 0.2) is 6.10 Å². The Morgan fingerprint density at radius 3 is 2.86 bits per heavy atom. The number of piperidine rings is 1. The van der Waals surface area contributed by atoms with Gasteiger partial charge in [-0.2, -0.15) is 5.26 Å². The molecule has 2 N–H and O–H groups in total. The van der Waals surface area contributed by atoms with E-state index in [9.17, 15) is 18.8 Å². The van der Waals surface area contributed by atoms with Gasteiger partial charge in [0.1, 0.15) is 11.8 Å². The summed E-state index contributed by atoms with van der Waals surface area (Å²) in [6, 6.07) is 8.31. The summed E-state index contributed by atoms with van der Waals surface area (Å²) < 4.78 is 33.5. The van der Waals surface area contributed by atoms with Crippen LogP contribution in [-0.4, -0.2) is 41.0 Å². The maximum absolute atomic E-state index is 14.0. The fraction of sp³-hybridized carbons (Fsp3) is 0.400. The van der Waals surface area contributed by atoms with Crippen LogP contribution in [-0.2, 0) is 4.79 Å². The Morgan fingerprint density at radius 2 is 2.14 bits per heavy atom. The van der Waals surface area contributed by atoms with Crippen molar-refractivity contribution in [3.63, 3.8) is 0 Å². The first-order chi connectivity index (χ1) is 14.0. The Bertz CT molecular complexity index is 972. The van der Waals surface area contributed by atoms with Crippen molar-refractivity contribution in [2.45, 2.75) is 31.3 Å². The molecule has 0 radical (unpaired) electrons. The minimum Gasteiger partial charge on any atom is -0.483 e. The number of hydrogen-bond acceptors (Lipinski definition) is 6. The number of rotatable bonds is 5. The van der Waals surface area contributed by atoms with Crippen LogP contribution in [0, 0.1) is 17.2 Å². The third-order valence-electron chi connectivity index (χ3n) is 4.92. The number of aromatic nitrogens is 2. The predicted octanol–water partition coefficient (Wildman–Crippen LogP) is 2.74. The fourth-order valence-electron chi connectivity index (χ4n) is 3.13. The fourth-order valence-corrected chi connectivity index (χ4v) is 3.13. The van der Waals surface area contributed by atoms with Crippen molar-refractivity contribution >= 4 is 11.9 Å². The zero-order valence-electron chi connectivity index (χ0n) is 15.5. The van der Waals surface area contributed by atoms with Crippen LogP contribution in [0.4, 0.5) is 14.7 Å². The molecule has 2 aromatic rings. The number of nitrogens with zero attached hydrogens (tertiary/aromatic N) is 3. The molecule has 1 amide bonds. The van der Waals surface area contributed by atoms with Gasteiger partial charge in [0.2, 0.25) is 11.9 Å². The van der Waals surface area contributed by atoms with Crippen LogP contribution in [0.3, 0.4) is 0 Å². The van der Waals surface area contributed by atoms with Gasteiger partial charge >= 0.3 is 0 Å². The SMILES string of the molecule is N#Cc1cc(-c2ccnc(NC(=O)C3CC3)n2)ccc1O[C@H]1CCNCC1(F)F. The lowest BCUT2D eigenvalue weighted by atomic mass is 10.0. The maximum atomic E-state index is 14.0. The van der Waals surface area contributed by atoms with E-state index in [0.717, 1.165) is 12.8 Å². The van der Waals surface area contributed by atoms with E-state index in [1.807, 2.05) is 6.07 Å². The van der Waals surface area contributed by atoms with Gasteiger partial charge in [0.25, 0.3) is 5.92 Å². The number of ether oxygens (including phenoxy) is 1. The van der Waals surface area contributed by atoms with Crippen molar-refractivity contribution in [3.05, 3.63) is 36.0 Å². The van der Waals surface area contributed by atoms with E-state index < -0.39 is 18.6 Å². The lowest BCUT2D eigenvalue weighted by molar-refractivity contribution is -0.117. The molecule has 0 unspecified atom stereocenters. The van der Waals surface area contributed by atoms with Crippen molar-refractivity contribution in [3.8, 4) is 23.1 Å². The monoisotopic (exact) mass is 399 g/mol. The molecular weight excluding hydrogens is 380 g/mol. The van der Waals surface area contributed by atoms with Gasteiger partial charge in [0.05, 0.1) is 17.8 Å². The van der Waals surface area contributed by atoms with E-state index in [1.54, 1.807) is 12.1 Å². The lowest BCUT2D eigenvalue weighted by Gasteiger charge is -2.32. The van der Waals surface area contributed by atoms with E-state index in [0.29, 0.717) is 17.8 Å². The minimum absolute atomic E-state index is 0.0250. The molecule has 1 atom stereocenters. The van der Waals surface area contributed by atoms with Gasteiger partial charge < -0.3 is 10.1 Å². The molecule has 0 spiro atoms. The van der Waals surface area contributed by atoms with Crippen LogP contribution < -0.4 is 15.4 Å². The van der Waals surface area contributed by atoms with Crippen LogP contribution >= 0.6 is 0 Å². The van der Waals surface area contributed by atoms with Crippen molar-refractivity contribution in [1.29, 1.82) is 5.26 Å². The molecule has 2 fully saturated rings. The molecule has 1 aromatic heterocycles. The molecule has 9 heteroatoms. The summed E-state index contributed by atoms with van der Waals surface area (Å²) in [4.78, 5) is 20.3. The number of benzene rings is 1. The number of carbonyl (C=O) groups is 1. The molecule has 2 heterocycles. The van der Waals surface area contributed by atoms with Crippen molar-refractivity contribution in [1.82, 2.24) is 15.3 Å². The normalized spacial score (nSPS) is 20.5. The highest BCUT2D eigenvalue weighted by atomic mass is 19.3. The van der Waals surface area contributed by atoms with Crippen LogP contribution in [0.2, 0.25) is 0 Å². The first-order valence-corrected chi connectivity index (χ1v) is 9.40. The first-order valence-electron chi connectivity index (χ1n) is 9.40. The third kappa shape index (κ3) is 4.32. The van der Waals surface area contributed by atoms with Crippen molar-refractivity contribution in [2.24, 2.45) is 5.92 Å². The largest absolute Gasteiger partial charge is 0.483 e. The molecule has 1 aromatic carbocycles. The standard InChI is InChI=1S/C20H19F2N5O2/c21-20(22)11-24-7-6-17(20)29-16-4-3-13(9-14(16)10-23)15-5-8-25-19(26-15)27-18(28)12-1-2-12/h3-5,8-9,12,17,24H,1-2,6-7,11H2,(H,25,26,27,28)/t17-/m0/s1. The lowest BCUT2D eigenvalue weighted by Crippen LogP contribution is -2.52. The number of nitrogens with one attached hydrogen (secondary N) is 2. The molecule has 4 rings (SSSR count). The first kappa shape index (κ1) is 19.2. The number of nitriles is 1. The molecule has 1 aliphatic carbocycles. The summed E-state index contributed by atoms with van der Waals surface area (Å²) in [6.45, 7) is -0.0234. The van der Waals surface area contributed by atoms with Crippen LogP contribution in [0.1, 0.15) is 24.8 Å². The second-order valence-electron chi connectivity index (χ2n) is 7.18. The summed E-state index contributed by atoms with van der Waals surface area (Å²) in [6.07, 6.45) is 2.11. The highest BCUT2D eigenvalue weighted by Crippen LogP contribution is 2.32. The molecule has 150 valence electrons. The number of halogens is 2. The Labute approximate surface area is 166 Å². The molecule has 1 saturated carbocycles. The van der Waals surface area contributed by atoms with Crippen LogP contribution in [0.5, 0.6) is 5.75 Å². The molecule has 1 saturated heterocycles. The van der Waals surface area contributed by atoms with Crippen LogP contribution in [0.25, 0.3) is 11.3 Å². The number of alkyl halides is 2. The Kier molecular flexibility index (Phi) is 5.11. The molecule has 2 aliphatic rings.